The van der Waals surface area contributed by atoms with E-state index in [1.807, 2.05) is 0 Å². The second-order valence-corrected chi connectivity index (χ2v) is 2.54. The SMILES string of the molecule is O.O.O=[Si](O)O.O=[Si](O)O.O=[Si](O)O.[AlH3].[AlH3].[MgH2]. The molecule has 0 unspecified atom stereocenters. The van der Waals surface area contributed by atoms with Gasteiger partial charge < -0.3 is 39.7 Å². The van der Waals surface area contributed by atoms with Crippen molar-refractivity contribution < 1.29 is 53.1 Å². The molecule has 0 fully saturated rings. The first-order valence-electron chi connectivity index (χ1n) is 1.95. The van der Waals surface area contributed by atoms with E-state index in [0.29, 0.717) is 0 Å². The highest BCUT2D eigenvalue weighted by molar-refractivity contribution is 6.22. The average Bonchev–Trinajstić information content (AvgIpc) is 1.54. The van der Waals surface area contributed by atoms with Crippen molar-refractivity contribution in [2.45, 2.75) is 0 Å². The molecule has 11 nitrogen and oxygen atoms in total. The predicted octanol–water partition coefficient (Wildman–Crippen LogP) is -9.77. The maximum absolute atomic E-state index is 8.74. The van der Waals surface area contributed by atoms with Crippen LogP contribution in [0.4, 0.5) is 0 Å². The summed E-state index contributed by atoms with van der Waals surface area (Å²) in [5, 5.41) is 0. The van der Waals surface area contributed by atoms with Crippen LogP contribution in [0.5, 0.6) is 0 Å². The molecular weight excluding hydrogens is 339 g/mol. The maximum atomic E-state index is 8.74. The molecule has 0 rings (SSSR count). The Morgan fingerprint density at radius 2 is 0.529 bits per heavy atom. The molecule has 0 heterocycles. The van der Waals surface area contributed by atoms with E-state index in [1.54, 1.807) is 0 Å². The van der Waals surface area contributed by atoms with Crippen molar-refractivity contribution in [3.63, 3.8) is 0 Å². The summed E-state index contributed by atoms with van der Waals surface area (Å²) in [5.41, 5.74) is 0. The van der Waals surface area contributed by atoms with Crippen LogP contribution in [0.15, 0.2) is 0 Å². The molecule has 0 spiro atoms. The third kappa shape index (κ3) is 9770. The lowest BCUT2D eigenvalue weighted by Gasteiger charge is -1.55. The second kappa shape index (κ2) is 43.8. The highest BCUT2D eigenvalue weighted by Gasteiger charge is 1.85. The Morgan fingerprint density at radius 1 is 0.529 bits per heavy atom. The summed E-state index contributed by atoms with van der Waals surface area (Å²) in [7, 11) is -9.39. The van der Waals surface area contributed by atoms with Gasteiger partial charge in [0.05, 0.1) is 0 Å². The summed E-state index contributed by atoms with van der Waals surface area (Å²) in [6.07, 6.45) is 0. The standard InChI is InChI=1S/2Al.Mg.3H2O3Si.2H2O.8H/c;;;3*1-4(2)3;;;;;;;;;;/h;;;3*1-2H;2*1H2;;;;;;;;. The summed E-state index contributed by atoms with van der Waals surface area (Å²) in [4.78, 5) is 42.9. The van der Waals surface area contributed by atoms with Crippen molar-refractivity contribution in [3.05, 3.63) is 0 Å². The molecular formula is H18Al2MgO11Si3. The Bertz CT molecular complexity index is 122. The van der Waals surface area contributed by atoms with Gasteiger partial charge in [0, 0.05) is 0 Å². The van der Waals surface area contributed by atoms with Crippen LogP contribution in [0, 0.1) is 0 Å². The van der Waals surface area contributed by atoms with Gasteiger partial charge >= 0.3 is 50.6 Å². The minimum atomic E-state index is -3.13. The van der Waals surface area contributed by atoms with Crippen molar-refractivity contribution >= 4 is 85.3 Å². The largest absolute Gasteiger partial charge is 0.761 e. The first kappa shape index (κ1) is 52.6. The fourth-order valence-corrected chi connectivity index (χ4v) is 0. The molecule has 0 bridgehead atoms. The molecule has 0 radical (unpaired) electrons. The summed E-state index contributed by atoms with van der Waals surface area (Å²) < 4.78 is 26.2. The van der Waals surface area contributed by atoms with E-state index < -0.39 is 27.5 Å². The van der Waals surface area contributed by atoms with E-state index in [9.17, 15) is 0 Å². The zero-order chi connectivity index (χ0) is 10.7. The molecule has 17 heavy (non-hydrogen) atoms. The Morgan fingerprint density at radius 3 is 0.529 bits per heavy atom. The molecule has 0 saturated carbocycles. The molecule has 0 aliphatic rings. The highest BCUT2D eigenvalue weighted by Crippen LogP contribution is 1.27. The minimum Gasteiger partial charge on any atom is -0.511 e. The van der Waals surface area contributed by atoms with E-state index in [0.717, 1.165) is 0 Å². The van der Waals surface area contributed by atoms with Gasteiger partial charge in [0.15, 0.2) is 34.7 Å². The van der Waals surface area contributed by atoms with Crippen molar-refractivity contribution in [2.24, 2.45) is 0 Å². The molecule has 10 N–H and O–H groups in total. The van der Waals surface area contributed by atoms with E-state index in [-0.39, 0.29) is 68.7 Å². The third-order valence-electron chi connectivity index (χ3n) is 0. The average molecular weight is 357 g/mol. The van der Waals surface area contributed by atoms with Gasteiger partial charge in [0.1, 0.15) is 0 Å². The summed E-state index contributed by atoms with van der Waals surface area (Å²) in [6.45, 7) is 0. The van der Waals surface area contributed by atoms with Crippen LogP contribution in [0.25, 0.3) is 0 Å². The Hall–Kier alpha value is 0.602. The molecule has 0 aromatic rings. The van der Waals surface area contributed by atoms with Gasteiger partial charge in [-0.3, -0.25) is 13.4 Å². The van der Waals surface area contributed by atoms with Crippen molar-refractivity contribution in [3.8, 4) is 0 Å². The monoisotopic (exact) mass is 356 g/mol. The van der Waals surface area contributed by atoms with Gasteiger partial charge in [-0.2, -0.15) is 0 Å². The van der Waals surface area contributed by atoms with Crippen molar-refractivity contribution in [2.75, 3.05) is 0 Å². The quantitative estimate of drug-likeness (QED) is 0.225. The van der Waals surface area contributed by atoms with Crippen LogP contribution in [0.1, 0.15) is 0 Å². The van der Waals surface area contributed by atoms with Crippen molar-refractivity contribution in [1.82, 2.24) is 0 Å². The summed E-state index contributed by atoms with van der Waals surface area (Å²) in [6, 6.07) is 0. The molecule has 0 atom stereocenters. The molecule has 0 aromatic carbocycles. The third-order valence-corrected chi connectivity index (χ3v) is 0. The smallest absolute Gasteiger partial charge is 0.511 e. The van der Waals surface area contributed by atoms with E-state index in [2.05, 4.69) is 0 Å². The van der Waals surface area contributed by atoms with Crippen LogP contribution in [0.2, 0.25) is 0 Å². The van der Waals surface area contributed by atoms with Gasteiger partial charge in [0.25, 0.3) is 0 Å². The van der Waals surface area contributed by atoms with E-state index in [1.165, 1.54) is 0 Å². The Labute approximate surface area is 137 Å². The molecule has 17 heteroatoms. The van der Waals surface area contributed by atoms with Gasteiger partial charge in [-0.05, 0) is 0 Å². The number of rotatable bonds is 0. The normalized spacial score (nSPS) is 4.24. The Kier molecular flexibility index (Phi) is 136. The molecule has 0 aliphatic heterocycles. The fraction of sp³-hybridized carbons (Fsp3) is 0. The lowest BCUT2D eigenvalue weighted by Crippen LogP contribution is -1.90. The number of hydrogen-bond acceptors (Lipinski definition) is 3. The zero-order valence-electron chi connectivity index (χ0n) is 6.41. The van der Waals surface area contributed by atoms with Crippen LogP contribution in [-0.2, 0) is 13.4 Å². The molecule has 0 aliphatic carbocycles. The molecule has 0 aromatic heterocycles. The Balaban J connectivity index is -0.0000000104. The summed E-state index contributed by atoms with van der Waals surface area (Å²) in [5.74, 6) is 0. The highest BCUT2D eigenvalue weighted by atomic mass is 28.3. The van der Waals surface area contributed by atoms with E-state index >= 15 is 0 Å². The lowest BCUT2D eigenvalue weighted by atomic mass is 15.8. The predicted molar refractivity (Wildman–Crippen MR) is 68.3 cm³/mol. The van der Waals surface area contributed by atoms with Gasteiger partial charge in [-0.15, -0.1) is 0 Å². The molecule has 104 valence electrons. The second-order valence-electron chi connectivity index (χ2n) is 0.848. The van der Waals surface area contributed by atoms with Gasteiger partial charge in [-0.1, -0.05) is 0 Å². The zero-order valence-corrected chi connectivity index (χ0v) is 9.41. The minimum absolute atomic E-state index is 0. The molecule has 0 saturated heterocycles. The van der Waals surface area contributed by atoms with Crippen LogP contribution >= 0.6 is 0 Å². The fourth-order valence-electron chi connectivity index (χ4n) is 0. The van der Waals surface area contributed by atoms with Gasteiger partial charge in [-0.25, -0.2) is 0 Å². The van der Waals surface area contributed by atoms with Crippen molar-refractivity contribution in [1.29, 1.82) is 0 Å². The van der Waals surface area contributed by atoms with Gasteiger partial charge in [0.2, 0.25) is 0 Å². The topological polar surface area (TPSA) is 236 Å². The van der Waals surface area contributed by atoms with Crippen LogP contribution in [-0.4, -0.2) is 125 Å². The van der Waals surface area contributed by atoms with Crippen LogP contribution in [0.3, 0.4) is 0 Å². The summed E-state index contributed by atoms with van der Waals surface area (Å²) >= 11 is 0. The maximum Gasteiger partial charge on any atom is 0.761 e. The lowest BCUT2D eigenvalue weighted by molar-refractivity contribution is 0.328. The van der Waals surface area contributed by atoms with Crippen LogP contribution < -0.4 is 0 Å². The first-order chi connectivity index (χ1) is 5.20. The van der Waals surface area contributed by atoms with E-state index in [4.69, 9.17) is 42.2 Å². The first-order valence-corrected chi connectivity index (χ1v) is 5.86. The number of hydrogen-bond donors (Lipinski definition) is 6. The molecule has 0 amide bonds.